The molecule has 0 heterocycles. The summed E-state index contributed by atoms with van der Waals surface area (Å²) >= 11 is 0. The molecule has 0 atom stereocenters. The van der Waals surface area contributed by atoms with E-state index in [4.69, 9.17) is 0 Å². The standard InChI is InChI=1S/C17H19NO2S/c1-2-3-5-9-15-10-8-11-16(14-15)18-21(19,20)17-12-6-4-7-13-17/h2-4,6-8,10-14,18H,5,9H2,1H3/b3-2+. The highest BCUT2D eigenvalue weighted by Gasteiger charge is 2.13. The predicted molar refractivity (Wildman–Crippen MR) is 86.8 cm³/mol. The number of aryl methyl sites for hydroxylation is 1. The van der Waals surface area contributed by atoms with Gasteiger partial charge in [0.05, 0.1) is 4.90 Å². The number of benzene rings is 2. The Bertz CT molecular complexity index is 707. The smallest absolute Gasteiger partial charge is 0.261 e. The van der Waals surface area contributed by atoms with Gasteiger partial charge in [0.15, 0.2) is 0 Å². The van der Waals surface area contributed by atoms with Gasteiger partial charge in [0.25, 0.3) is 10.0 Å². The first kappa shape index (κ1) is 15.3. The summed E-state index contributed by atoms with van der Waals surface area (Å²) in [6, 6.07) is 15.9. The van der Waals surface area contributed by atoms with Crippen LogP contribution in [0.1, 0.15) is 18.9 Å². The van der Waals surface area contributed by atoms with Crippen LogP contribution in [0.4, 0.5) is 5.69 Å². The van der Waals surface area contributed by atoms with Crippen molar-refractivity contribution in [3.05, 3.63) is 72.3 Å². The van der Waals surface area contributed by atoms with E-state index in [1.54, 1.807) is 36.4 Å². The van der Waals surface area contributed by atoms with Crippen LogP contribution in [0.3, 0.4) is 0 Å². The van der Waals surface area contributed by atoms with E-state index in [0.717, 1.165) is 18.4 Å². The average molecular weight is 301 g/mol. The molecule has 0 bridgehead atoms. The van der Waals surface area contributed by atoms with Crippen LogP contribution in [0.15, 0.2) is 71.6 Å². The molecule has 0 amide bonds. The minimum Gasteiger partial charge on any atom is -0.280 e. The monoisotopic (exact) mass is 301 g/mol. The minimum atomic E-state index is -3.52. The Labute approximate surface area is 126 Å². The van der Waals surface area contributed by atoms with Crippen LogP contribution in [0.2, 0.25) is 0 Å². The average Bonchev–Trinajstić information content (AvgIpc) is 2.48. The molecular formula is C17H19NO2S. The molecule has 21 heavy (non-hydrogen) atoms. The maximum Gasteiger partial charge on any atom is 0.261 e. The van der Waals surface area contributed by atoms with Crippen LogP contribution >= 0.6 is 0 Å². The molecule has 0 saturated heterocycles. The molecule has 0 radical (unpaired) electrons. The van der Waals surface area contributed by atoms with Gasteiger partial charge >= 0.3 is 0 Å². The highest BCUT2D eigenvalue weighted by Crippen LogP contribution is 2.17. The molecular weight excluding hydrogens is 282 g/mol. The van der Waals surface area contributed by atoms with Crippen LogP contribution in [0.5, 0.6) is 0 Å². The van der Waals surface area contributed by atoms with Crippen molar-refractivity contribution in [2.45, 2.75) is 24.7 Å². The number of anilines is 1. The lowest BCUT2D eigenvalue weighted by Crippen LogP contribution is -2.12. The molecule has 2 aromatic carbocycles. The van der Waals surface area contributed by atoms with Crippen molar-refractivity contribution in [2.24, 2.45) is 0 Å². The first-order valence-electron chi connectivity index (χ1n) is 6.90. The second-order valence-electron chi connectivity index (χ2n) is 4.73. The van der Waals surface area contributed by atoms with Crippen molar-refractivity contribution in [1.29, 1.82) is 0 Å². The Balaban J connectivity index is 2.14. The zero-order chi connectivity index (χ0) is 15.1. The molecule has 2 rings (SSSR count). The van der Waals surface area contributed by atoms with Gasteiger partial charge in [0.2, 0.25) is 0 Å². The van der Waals surface area contributed by atoms with Crippen LogP contribution in [0.25, 0.3) is 0 Å². The normalized spacial score (nSPS) is 11.7. The third kappa shape index (κ3) is 4.46. The summed E-state index contributed by atoms with van der Waals surface area (Å²) in [5.74, 6) is 0. The summed E-state index contributed by atoms with van der Waals surface area (Å²) in [5, 5.41) is 0. The Morgan fingerprint density at radius 1 is 1.05 bits per heavy atom. The van der Waals surface area contributed by atoms with Gasteiger partial charge in [0.1, 0.15) is 0 Å². The second-order valence-corrected chi connectivity index (χ2v) is 6.41. The Morgan fingerprint density at radius 2 is 1.81 bits per heavy atom. The fraction of sp³-hybridized carbons (Fsp3) is 0.176. The zero-order valence-electron chi connectivity index (χ0n) is 12.0. The summed E-state index contributed by atoms with van der Waals surface area (Å²) < 4.78 is 27.1. The van der Waals surface area contributed by atoms with Crippen LogP contribution < -0.4 is 4.72 Å². The molecule has 0 aliphatic carbocycles. The summed E-state index contributed by atoms with van der Waals surface area (Å²) in [6.45, 7) is 1.99. The Hall–Kier alpha value is -2.07. The van der Waals surface area contributed by atoms with E-state index in [9.17, 15) is 8.42 Å². The van der Waals surface area contributed by atoms with Crippen molar-refractivity contribution in [3.8, 4) is 0 Å². The van der Waals surface area contributed by atoms with Gasteiger partial charge in [-0.1, -0.05) is 42.5 Å². The van der Waals surface area contributed by atoms with Crippen molar-refractivity contribution in [2.75, 3.05) is 4.72 Å². The quantitative estimate of drug-likeness (QED) is 0.820. The SMILES string of the molecule is C/C=C/CCc1cccc(NS(=O)(=O)c2ccccc2)c1. The van der Waals surface area contributed by atoms with E-state index in [-0.39, 0.29) is 4.90 Å². The number of nitrogens with one attached hydrogen (secondary N) is 1. The van der Waals surface area contributed by atoms with Gasteiger partial charge in [-0.05, 0) is 49.6 Å². The molecule has 0 aliphatic rings. The molecule has 0 fully saturated rings. The molecule has 0 spiro atoms. The first-order chi connectivity index (χ1) is 10.1. The third-order valence-corrected chi connectivity index (χ3v) is 4.47. The first-order valence-corrected chi connectivity index (χ1v) is 8.38. The zero-order valence-corrected chi connectivity index (χ0v) is 12.8. The molecule has 110 valence electrons. The topological polar surface area (TPSA) is 46.2 Å². The van der Waals surface area contributed by atoms with Crippen LogP contribution in [0, 0.1) is 0 Å². The van der Waals surface area contributed by atoms with Crippen molar-refractivity contribution >= 4 is 15.7 Å². The number of sulfonamides is 1. The van der Waals surface area contributed by atoms with E-state index < -0.39 is 10.0 Å². The predicted octanol–water partition coefficient (Wildman–Crippen LogP) is 4.00. The van der Waals surface area contributed by atoms with E-state index in [1.165, 1.54) is 0 Å². The molecule has 3 nitrogen and oxygen atoms in total. The highest BCUT2D eigenvalue weighted by atomic mass is 32.2. The maximum atomic E-state index is 12.3. The third-order valence-electron chi connectivity index (χ3n) is 3.07. The molecule has 1 N–H and O–H groups in total. The minimum absolute atomic E-state index is 0.268. The van der Waals surface area contributed by atoms with Gasteiger partial charge in [-0.25, -0.2) is 8.42 Å². The van der Waals surface area contributed by atoms with E-state index in [0.29, 0.717) is 5.69 Å². The summed E-state index contributed by atoms with van der Waals surface area (Å²) in [5.41, 5.74) is 1.71. The fourth-order valence-electron chi connectivity index (χ4n) is 2.02. The van der Waals surface area contributed by atoms with E-state index in [2.05, 4.69) is 10.8 Å². The van der Waals surface area contributed by atoms with Gasteiger partial charge in [-0.2, -0.15) is 0 Å². The fourth-order valence-corrected chi connectivity index (χ4v) is 3.09. The summed E-state index contributed by atoms with van der Waals surface area (Å²) in [6.07, 6.45) is 5.96. The summed E-state index contributed by atoms with van der Waals surface area (Å²) in [7, 11) is -3.52. The molecule has 4 heteroatoms. The van der Waals surface area contributed by atoms with Gasteiger partial charge < -0.3 is 0 Å². The lowest BCUT2D eigenvalue weighted by atomic mass is 10.1. The largest absolute Gasteiger partial charge is 0.280 e. The van der Waals surface area contributed by atoms with Crippen LogP contribution in [-0.2, 0) is 16.4 Å². The highest BCUT2D eigenvalue weighted by molar-refractivity contribution is 7.92. The second kappa shape index (κ2) is 7.09. The summed E-state index contributed by atoms with van der Waals surface area (Å²) in [4.78, 5) is 0.268. The molecule has 2 aromatic rings. The molecule has 0 saturated carbocycles. The number of allylic oxidation sites excluding steroid dienone is 2. The maximum absolute atomic E-state index is 12.3. The van der Waals surface area contributed by atoms with E-state index in [1.807, 2.05) is 31.2 Å². The molecule has 0 aromatic heterocycles. The Kier molecular flexibility index (Phi) is 5.17. The lowest BCUT2D eigenvalue weighted by Gasteiger charge is -2.09. The van der Waals surface area contributed by atoms with Crippen molar-refractivity contribution in [3.63, 3.8) is 0 Å². The molecule has 0 unspecified atom stereocenters. The van der Waals surface area contributed by atoms with Gasteiger partial charge in [-0.3, -0.25) is 4.72 Å². The van der Waals surface area contributed by atoms with Crippen molar-refractivity contribution in [1.82, 2.24) is 0 Å². The van der Waals surface area contributed by atoms with Gasteiger partial charge in [0, 0.05) is 5.69 Å². The molecule has 0 aliphatic heterocycles. The van der Waals surface area contributed by atoms with E-state index >= 15 is 0 Å². The lowest BCUT2D eigenvalue weighted by molar-refractivity contribution is 0.601. The van der Waals surface area contributed by atoms with Crippen LogP contribution in [-0.4, -0.2) is 8.42 Å². The number of rotatable bonds is 6. The van der Waals surface area contributed by atoms with Gasteiger partial charge in [-0.15, -0.1) is 0 Å². The number of hydrogen-bond acceptors (Lipinski definition) is 2. The van der Waals surface area contributed by atoms with Crippen molar-refractivity contribution < 1.29 is 8.42 Å². The Morgan fingerprint density at radius 3 is 2.52 bits per heavy atom. The number of hydrogen-bond donors (Lipinski definition) is 1.